The standard InChI is InChI=1S/C18H18N6O/c1-12-7-15(25-4)6-5-13(12)8-20-16-10-21-18(19-2)17(23-16)14-9-22-24(3)11-14/h5-7,9-11H,8H2,1,3-4H3,(H,20,23). The average molecular weight is 334 g/mol. The van der Waals surface area contributed by atoms with Crippen molar-refractivity contribution in [2.45, 2.75) is 13.5 Å². The molecule has 2 heterocycles. The highest BCUT2D eigenvalue weighted by Crippen LogP contribution is 2.27. The van der Waals surface area contributed by atoms with Gasteiger partial charge in [-0.3, -0.25) is 4.68 Å². The van der Waals surface area contributed by atoms with E-state index in [1.54, 1.807) is 24.2 Å². The van der Waals surface area contributed by atoms with Gasteiger partial charge >= 0.3 is 0 Å². The number of anilines is 1. The molecule has 25 heavy (non-hydrogen) atoms. The zero-order chi connectivity index (χ0) is 17.8. The number of ether oxygens (including phenoxy) is 1. The van der Waals surface area contributed by atoms with Crippen LogP contribution in [0.15, 0.2) is 36.8 Å². The van der Waals surface area contributed by atoms with Gasteiger partial charge in [0.25, 0.3) is 5.82 Å². The minimum Gasteiger partial charge on any atom is -0.497 e. The number of rotatable bonds is 5. The van der Waals surface area contributed by atoms with Crippen LogP contribution in [0.5, 0.6) is 5.75 Å². The van der Waals surface area contributed by atoms with Crippen molar-refractivity contribution in [1.29, 1.82) is 0 Å². The van der Waals surface area contributed by atoms with Gasteiger partial charge in [-0.2, -0.15) is 5.10 Å². The molecule has 0 saturated carbocycles. The lowest BCUT2D eigenvalue weighted by Crippen LogP contribution is -2.04. The maximum Gasteiger partial charge on any atom is 0.296 e. The second-order valence-corrected chi connectivity index (χ2v) is 5.59. The Morgan fingerprint density at radius 2 is 2.16 bits per heavy atom. The van der Waals surface area contributed by atoms with Gasteiger partial charge in [0.15, 0.2) is 12.0 Å². The SMILES string of the molecule is [C-]#[N+]c1ncc(NCc2ccc(OC)cc2C)nc1-c1cnn(C)c1. The third kappa shape index (κ3) is 3.58. The first kappa shape index (κ1) is 16.5. The van der Waals surface area contributed by atoms with Crippen LogP contribution in [-0.4, -0.2) is 26.9 Å². The smallest absolute Gasteiger partial charge is 0.296 e. The van der Waals surface area contributed by atoms with Gasteiger partial charge in [0, 0.05) is 25.4 Å². The Hall–Kier alpha value is -3.40. The van der Waals surface area contributed by atoms with Crippen molar-refractivity contribution >= 4 is 11.6 Å². The van der Waals surface area contributed by atoms with Crippen molar-refractivity contribution in [2.24, 2.45) is 7.05 Å². The summed E-state index contributed by atoms with van der Waals surface area (Å²) in [4.78, 5) is 12.2. The fourth-order valence-electron chi connectivity index (χ4n) is 2.47. The number of nitrogens with one attached hydrogen (secondary N) is 1. The molecule has 0 atom stereocenters. The van der Waals surface area contributed by atoms with Crippen LogP contribution in [0.3, 0.4) is 0 Å². The molecule has 3 rings (SSSR count). The van der Waals surface area contributed by atoms with Gasteiger partial charge in [0.1, 0.15) is 11.4 Å². The van der Waals surface area contributed by atoms with Gasteiger partial charge in [-0.25, -0.2) is 4.98 Å². The largest absolute Gasteiger partial charge is 0.497 e. The molecule has 0 fully saturated rings. The van der Waals surface area contributed by atoms with E-state index in [4.69, 9.17) is 11.3 Å². The van der Waals surface area contributed by atoms with Crippen molar-refractivity contribution in [3.05, 3.63) is 59.3 Å². The summed E-state index contributed by atoms with van der Waals surface area (Å²) >= 11 is 0. The highest BCUT2D eigenvalue weighted by molar-refractivity contribution is 5.72. The van der Waals surface area contributed by atoms with Gasteiger partial charge in [-0.15, -0.1) is 4.98 Å². The van der Waals surface area contributed by atoms with Crippen LogP contribution in [0.4, 0.5) is 11.6 Å². The first-order chi connectivity index (χ1) is 12.1. The van der Waals surface area contributed by atoms with Crippen LogP contribution in [0.2, 0.25) is 0 Å². The molecule has 0 unspecified atom stereocenters. The topological polar surface area (TPSA) is 69.2 Å². The molecule has 3 aromatic rings. The van der Waals surface area contributed by atoms with Crippen molar-refractivity contribution in [3.8, 4) is 17.0 Å². The summed E-state index contributed by atoms with van der Waals surface area (Å²) in [5, 5.41) is 7.40. The Kier molecular flexibility index (Phi) is 4.61. The number of hydrogen-bond donors (Lipinski definition) is 1. The number of aromatic nitrogens is 4. The first-order valence-corrected chi connectivity index (χ1v) is 7.71. The Bertz CT molecular complexity index is 941. The first-order valence-electron chi connectivity index (χ1n) is 7.71. The normalized spacial score (nSPS) is 10.3. The summed E-state index contributed by atoms with van der Waals surface area (Å²) in [6.07, 6.45) is 5.07. The summed E-state index contributed by atoms with van der Waals surface area (Å²) in [5.41, 5.74) is 3.56. The monoisotopic (exact) mass is 334 g/mol. The predicted molar refractivity (Wildman–Crippen MR) is 95.6 cm³/mol. The summed E-state index contributed by atoms with van der Waals surface area (Å²) in [5.74, 6) is 1.71. The van der Waals surface area contributed by atoms with Gasteiger partial charge in [-0.05, 0) is 30.2 Å². The molecule has 0 bridgehead atoms. The van der Waals surface area contributed by atoms with Crippen molar-refractivity contribution in [3.63, 3.8) is 0 Å². The van der Waals surface area contributed by atoms with E-state index in [0.717, 1.165) is 22.4 Å². The highest BCUT2D eigenvalue weighted by Gasteiger charge is 2.12. The predicted octanol–water partition coefficient (Wildman–Crippen LogP) is 3.36. The maximum absolute atomic E-state index is 7.28. The van der Waals surface area contributed by atoms with E-state index in [1.807, 2.05) is 38.4 Å². The third-order valence-corrected chi connectivity index (χ3v) is 3.85. The van der Waals surface area contributed by atoms with Gasteiger partial charge in [-0.1, -0.05) is 12.6 Å². The molecule has 0 aliphatic rings. The van der Waals surface area contributed by atoms with Crippen LogP contribution in [-0.2, 0) is 13.6 Å². The minimum absolute atomic E-state index is 0.263. The second-order valence-electron chi connectivity index (χ2n) is 5.59. The van der Waals surface area contributed by atoms with E-state index in [-0.39, 0.29) is 5.82 Å². The fourth-order valence-corrected chi connectivity index (χ4v) is 2.47. The van der Waals surface area contributed by atoms with E-state index in [0.29, 0.717) is 18.1 Å². The maximum atomic E-state index is 7.28. The van der Waals surface area contributed by atoms with E-state index >= 15 is 0 Å². The second kappa shape index (κ2) is 7.01. The molecule has 2 aromatic heterocycles. The summed E-state index contributed by atoms with van der Waals surface area (Å²) in [6.45, 7) is 9.92. The zero-order valence-electron chi connectivity index (χ0n) is 14.3. The fraction of sp³-hybridized carbons (Fsp3) is 0.222. The molecule has 7 nitrogen and oxygen atoms in total. The van der Waals surface area contributed by atoms with Gasteiger partial charge < -0.3 is 14.9 Å². The lowest BCUT2D eigenvalue weighted by atomic mass is 10.1. The number of aryl methyl sites for hydroxylation is 2. The number of methoxy groups -OCH3 is 1. The quantitative estimate of drug-likeness (QED) is 0.725. The van der Waals surface area contributed by atoms with E-state index in [2.05, 4.69) is 25.2 Å². The average Bonchev–Trinajstić information content (AvgIpc) is 3.06. The molecular formula is C18H18N6O. The molecule has 0 spiro atoms. The minimum atomic E-state index is 0.263. The van der Waals surface area contributed by atoms with E-state index < -0.39 is 0 Å². The number of hydrogen-bond acceptors (Lipinski definition) is 5. The molecule has 0 radical (unpaired) electrons. The lowest BCUT2D eigenvalue weighted by molar-refractivity contribution is 0.414. The summed E-state index contributed by atoms with van der Waals surface area (Å²) in [7, 11) is 3.48. The number of benzene rings is 1. The molecular weight excluding hydrogens is 316 g/mol. The third-order valence-electron chi connectivity index (χ3n) is 3.85. The molecule has 126 valence electrons. The van der Waals surface area contributed by atoms with Crippen LogP contribution >= 0.6 is 0 Å². The molecule has 1 N–H and O–H groups in total. The van der Waals surface area contributed by atoms with Gasteiger partial charge in [0.05, 0.1) is 13.3 Å². The summed E-state index contributed by atoms with van der Waals surface area (Å²) in [6, 6.07) is 5.94. The van der Waals surface area contributed by atoms with E-state index in [1.165, 1.54) is 0 Å². The highest BCUT2D eigenvalue weighted by atomic mass is 16.5. The molecule has 0 saturated heterocycles. The molecule has 7 heteroatoms. The van der Waals surface area contributed by atoms with Crippen LogP contribution in [0, 0.1) is 13.5 Å². The zero-order valence-corrected chi connectivity index (χ0v) is 14.3. The molecule has 0 aliphatic carbocycles. The Morgan fingerprint density at radius 1 is 1.32 bits per heavy atom. The van der Waals surface area contributed by atoms with Crippen molar-refractivity contribution in [2.75, 3.05) is 12.4 Å². The van der Waals surface area contributed by atoms with Crippen LogP contribution < -0.4 is 10.1 Å². The Balaban J connectivity index is 1.83. The Labute approximate surface area is 146 Å². The van der Waals surface area contributed by atoms with Crippen LogP contribution in [0.25, 0.3) is 16.1 Å². The van der Waals surface area contributed by atoms with Crippen molar-refractivity contribution in [1.82, 2.24) is 19.7 Å². The molecule has 1 aromatic carbocycles. The van der Waals surface area contributed by atoms with Crippen molar-refractivity contribution < 1.29 is 4.74 Å². The number of nitrogens with zero attached hydrogens (tertiary/aromatic N) is 5. The molecule has 0 aliphatic heterocycles. The van der Waals surface area contributed by atoms with E-state index in [9.17, 15) is 0 Å². The van der Waals surface area contributed by atoms with Crippen LogP contribution in [0.1, 0.15) is 11.1 Å². The lowest BCUT2D eigenvalue weighted by Gasteiger charge is -2.10. The van der Waals surface area contributed by atoms with Gasteiger partial charge in [0.2, 0.25) is 0 Å². The molecule has 0 amide bonds. The Morgan fingerprint density at radius 3 is 2.80 bits per heavy atom. The summed E-state index contributed by atoms with van der Waals surface area (Å²) < 4.78 is 6.90.